The van der Waals surface area contributed by atoms with Gasteiger partial charge in [0, 0.05) is 18.1 Å². The standard InChI is InChI=1S/C22H19NO4/c1-16(17-8-4-2-5-9-17)21(18-10-6-3-7-11-18)27-22(24)19-12-14-20(15-13-19)23(25)26/h2-16,21H,1H3/t16-,21-/m0/s1. The molecule has 0 saturated heterocycles. The van der Waals surface area contributed by atoms with E-state index < -0.39 is 17.0 Å². The molecule has 0 aromatic heterocycles. The number of nitro benzene ring substituents is 1. The normalized spacial score (nSPS) is 12.8. The third kappa shape index (κ3) is 4.39. The van der Waals surface area contributed by atoms with Crippen molar-refractivity contribution in [1.29, 1.82) is 0 Å². The molecule has 5 nitrogen and oxygen atoms in total. The van der Waals surface area contributed by atoms with E-state index in [2.05, 4.69) is 0 Å². The molecule has 3 aromatic rings. The van der Waals surface area contributed by atoms with Crippen LogP contribution in [-0.2, 0) is 4.74 Å². The first kappa shape index (κ1) is 18.3. The molecule has 0 heterocycles. The first-order valence-corrected chi connectivity index (χ1v) is 8.61. The van der Waals surface area contributed by atoms with E-state index >= 15 is 0 Å². The van der Waals surface area contributed by atoms with Crippen molar-refractivity contribution in [2.75, 3.05) is 0 Å². The number of ether oxygens (including phenoxy) is 1. The molecule has 2 atom stereocenters. The summed E-state index contributed by atoms with van der Waals surface area (Å²) in [5, 5.41) is 10.8. The second-order valence-electron chi connectivity index (χ2n) is 6.24. The number of carbonyl (C=O) groups excluding carboxylic acids is 1. The molecule has 0 aliphatic heterocycles. The van der Waals surface area contributed by atoms with Crippen LogP contribution in [0.2, 0.25) is 0 Å². The molecule has 0 unspecified atom stereocenters. The number of esters is 1. The van der Waals surface area contributed by atoms with Gasteiger partial charge in [-0.25, -0.2) is 4.79 Å². The molecule has 0 aliphatic rings. The summed E-state index contributed by atoms with van der Waals surface area (Å²) >= 11 is 0. The monoisotopic (exact) mass is 361 g/mol. The lowest BCUT2D eigenvalue weighted by Crippen LogP contribution is -2.17. The van der Waals surface area contributed by atoms with Crippen molar-refractivity contribution in [3.05, 3.63) is 112 Å². The maximum Gasteiger partial charge on any atom is 0.338 e. The summed E-state index contributed by atoms with van der Waals surface area (Å²) in [7, 11) is 0. The number of nitro groups is 1. The molecular formula is C22H19NO4. The minimum absolute atomic E-state index is 0.0596. The minimum Gasteiger partial charge on any atom is -0.453 e. The second-order valence-corrected chi connectivity index (χ2v) is 6.24. The van der Waals surface area contributed by atoms with Crippen LogP contribution in [0.3, 0.4) is 0 Å². The molecule has 0 saturated carbocycles. The first-order chi connectivity index (χ1) is 13.1. The molecule has 136 valence electrons. The molecule has 0 spiro atoms. The van der Waals surface area contributed by atoms with Gasteiger partial charge in [-0.1, -0.05) is 67.6 Å². The van der Waals surface area contributed by atoms with E-state index in [0.717, 1.165) is 11.1 Å². The van der Waals surface area contributed by atoms with Gasteiger partial charge in [-0.05, 0) is 23.3 Å². The third-order valence-electron chi connectivity index (χ3n) is 4.46. The molecule has 0 radical (unpaired) electrons. The van der Waals surface area contributed by atoms with Crippen molar-refractivity contribution in [1.82, 2.24) is 0 Å². The summed E-state index contributed by atoms with van der Waals surface area (Å²) in [4.78, 5) is 22.9. The van der Waals surface area contributed by atoms with Crippen LogP contribution in [0.1, 0.15) is 40.4 Å². The molecule has 0 fully saturated rings. The number of non-ortho nitro benzene ring substituents is 1. The van der Waals surface area contributed by atoms with Gasteiger partial charge in [0.2, 0.25) is 0 Å². The van der Waals surface area contributed by atoms with E-state index in [0.29, 0.717) is 0 Å². The SMILES string of the molecule is C[C@@H](c1ccccc1)[C@H](OC(=O)c1ccc([N+](=O)[O-])cc1)c1ccccc1. The highest BCUT2D eigenvalue weighted by Gasteiger charge is 2.25. The average molecular weight is 361 g/mol. The van der Waals surface area contributed by atoms with Gasteiger partial charge in [0.25, 0.3) is 5.69 Å². The molecule has 0 aliphatic carbocycles. The number of rotatable bonds is 6. The Hall–Kier alpha value is -3.47. The molecule has 3 aromatic carbocycles. The molecule has 5 heteroatoms. The zero-order chi connectivity index (χ0) is 19.2. The van der Waals surface area contributed by atoms with Crippen LogP contribution in [0, 0.1) is 10.1 Å². The lowest BCUT2D eigenvalue weighted by Gasteiger charge is -2.25. The van der Waals surface area contributed by atoms with Crippen LogP contribution in [0.4, 0.5) is 5.69 Å². The minimum atomic E-state index is -0.512. The number of benzene rings is 3. The summed E-state index contributed by atoms with van der Waals surface area (Å²) in [6.45, 7) is 2.01. The Bertz CT molecular complexity index is 908. The number of nitrogens with zero attached hydrogens (tertiary/aromatic N) is 1. The van der Waals surface area contributed by atoms with Gasteiger partial charge >= 0.3 is 5.97 Å². The van der Waals surface area contributed by atoms with Crippen LogP contribution < -0.4 is 0 Å². The summed E-state index contributed by atoms with van der Waals surface area (Å²) in [6, 6.07) is 24.8. The smallest absolute Gasteiger partial charge is 0.338 e. The van der Waals surface area contributed by atoms with Gasteiger partial charge in [-0.3, -0.25) is 10.1 Å². The Morgan fingerprint density at radius 2 is 1.37 bits per heavy atom. The molecule has 0 amide bonds. The fourth-order valence-electron chi connectivity index (χ4n) is 2.94. The van der Waals surface area contributed by atoms with E-state index in [-0.39, 0.29) is 17.2 Å². The van der Waals surface area contributed by atoms with Crippen molar-refractivity contribution in [2.45, 2.75) is 18.9 Å². The van der Waals surface area contributed by atoms with Gasteiger partial charge in [0.1, 0.15) is 6.10 Å². The highest BCUT2D eigenvalue weighted by molar-refractivity contribution is 5.89. The van der Waals surface area contributed by atoms with Crippen molar-refractivity contribution >= 4 is 11.7 Å². The average Bonchev–Trinajstić information content (AvgIpc) is 2.72. The summed E-state index contributed by atoms with van der Waals surface area (Å²) in [5.41, 5.74) is 2.16. The van der Waals surface area contributed by atoms with E-state index in [1.165, 1.54) is 24.3 Å². The lowest BCUT2D eigenvalue weighted by atomic mass is 9.90. The zero-order valence-corrected chi connectivity index (χ0v) is 14.8. The van der Waals surface area contributed by atoms with E-state index in [4.69, 9.17) is 4.74 Å². The third-order valence-corrected chi connectivity index (χ3v) is 4.46. The van der Waals surface area contributed by atoms with Gasteiger partial charge in [0.05, 0.1) is 10.5 Å². The first-order valence-electron chi connectivity index (χ1n) is 8.61. The van der Waals surface area contributed by atoms with E-state index in [1.54, 1.807) is 0 Å². The molecule has 3 rings (SSSR count). The fourth-order valence-corrected chi connectivity index (χ4v) is 2.94. The Balaban J connectivity index is 1.87. The second kappa shape index (κ2) is 8.27. The van der Waals surface area contributed by atoms with Crippen molar-refractivity contribution < 1.29 is 14.5 Å². The highest BCUT2D eigenvalue weighted by atomic mass is 16.6. The topological polar surface area (TPSA) is 69.4 Å². The Morgan fingerprint density at radius 1 is 0.852 bits per heavy atom. The van der Waals surface area contributed by atoms with Gasteiger partial charge in [-0.2, -0.15) is 0 Å². The summed E-state index contributed by atoms with van der Waals surface area (Å²) < 4.78 is 5.83. The highest BCUT2D eigenvalue weighted by Crippen LogP contribution is 2.34. The lowest BCUT2D eigenvalue weighted by molar-refractivity contribution is -0.384. The van der Waals surface area contributed by atoms with Crippen molar-refractivity contribution in [3.63, 3.8) is 0 Å². The summed E-state index contributed by atoms with van der Waals surface area (Å²) in [6.07, 6.45) is -0.476. The van der Waals surface area contributed by atoms with Crippen molar-refractivity contribution in [2.24, 2.45) is 0 Å². The van der Waals surface area contributed by atoms with Crippen LogP contribution >= 0.6 is 0 Å². The Kier molecular flexibility index (Phi) is 5.61. The number of carbonyl (C=O) groups is 1. The Labute approximate surface area is 157 Å². The number of hydrogen-bond acceptors (Lipinski definition) is 4. The quantitative estimate of drug-likeness (QED) is 0.339. The Morgan fingerprint density at radius 3 is 1.89 bits per heavy atom. The number of hydrogen-bond donors (Lipinski definition) is 0. The van der Waals surface area contributed by atoms with Crippen LogP contribution in [-0.4, -0.2) is 10.9 Å². The molecule has 0 N–H and O–H groups in total. The molecule has 0 bridgehead atoms. The van der Waals surface area contributed by atoms with Crippen LogP contribution in [0.25, 0.3) is 0 Å². The van der Waals surface area contributed by atoms with E-state index in [9.17, 15) is 14.9 Å². The van der Waals surface area contributed by atoms with Crippen molar-refractivity contribution in [3.8, 4) is 0 Å². The predicted octanol–water partition coefficient (Wildman–Crippen LogP) is 5.30. The van der Waals surface area contributed by atoms with Crippen LogP contribution in [0.15, 0.2) is 84.9 Å². The summed E-state index contributed by atoms with van der Waals surface area (Å²) in [5.74, 6) is -0.572. The maximum absolute atomic E-state index is 12.7. The predicted molar refractivity (Wildman–Crippen MR) is 103 cm³/mol. The fraction of sp³-hybridized carbons (Fsp3) is 0.136. The van der Waals surface area contributed by atoms with Gasteiger partial charge in [-0.15, -0.1) is 0 Å². The molecule has 27 heavy (non-hydrogen) atoms. The van der Waals surface area contributed by atoms with Gasteiger partial charge in [0.15, 0.2) is 0 Å². The van der Waals surface area contributed by atoms with Gasteiger partial charge < -0.3 is 4.74 Å². The maximum atomic E-state index is 12.7. The zero-order valence-electron chi connectivity index (χ0n) is 14.8. The van der Waals surface area contributed by atoms with E-state index in [1.807, 2.05) is 67.6 Å². The molecular weight excluding hydrogens is 342 g/mol. The largest absolute Gasteiger partial charge is 0.453 e. The van der Waals surface area contributed by atoms with Crippen LogP contribution in [0.5, 0.6) is 0 Å².